The summed E-state index contributed by atoms with van der Waals surface area (Å²) in [7, 11) is 0. The minimum Gasteiger partial charge on any atom is -0.376 e. The fourth-order valence-electron chi connectivity index (χ4n) is 2.77. The molecule has 0 bridgehead atoms. The first-order valence-corrected chi connectivity index (χ1v) is 7.94. The number of rotatable bonds is 6. The highest BCUT2D eigenvalue weighted by Crippen LogP contribution is 2.10. The summed E-state index contributed by atoms with van der Waals surface area (Å²) < 4.78 is 8.50. The van der Waals surface area contributed by atoms with Crippen LogP contribution in [-0.2, 0) is 16.1 Å². The lowest BCUT2D eigenvalue weighted by molar-refractivity contribution is -0.121. The van der Waals surface area contributed by atoms with E-state index in [4.69, 9.17) is 4.74 Å². The van der Waals surface area contributed by atoms with Crippen LogP contribution in [0.3, 0.4) is 0 Å². The van der Waals surface area contributed by atoms with Gasteiger partial charge in [-0.05, 0) is 26.2 Å². The van der Waals surface area contributed by atoms with Gasteiger partial charge >= 0.3 is 5.56 Å². The fraction of sp³-hybridized carbons (Fsp3) is 0.600. The molecule has 0 aromatic carbocycles. The average molecular weight is 319 g/mol. The van der Waals surface area contributed by atoms with Gasteiger partial charge in [0.1, 0.15) is 5.82 Å². The van der Waals surface area contributed by atoms with Gasteiger partial charge in [-0.15, -0.1) is 0 Å². The number of carbonyl (C=O) groups excluding carboxylic acids is 1. The van der Waals surface area contributed by atoms with E-state index >= 15 is 0 Å². The molecular formula is C15H21N5O3. The molecule has 0 aliphatic carbocycles. The van der Waals surface area contributed by atoms with Gasteiger partial charge in [-0.2, -0.15) is 5.10 Å². The third kappa shape index (κ3) is 3.58. The Morgan fingerprint density at radius 2 is 2.39 bits per heavy atom. The highest BCUT2D eigenvalue weighted by Gasteiger charge is 2.16. The van der Waals surface area contributed by atoms with Gasteiger partial charge in [-0.3, -0.25) is 14.0 Å². The van der Waals surface area contributed by atoms with Gasteiger partial charge in [0, 0.05) is 38.5 Å². The number of nitrogens with zero attached hydrogens (tertiary/aromatic N) is 4. The third-order valence-corrected chi connectivity index (χ3v) is 4.01. The fourth-order valence-corrected chi connectivity index (χ4v) is 2.77. The number of imidazole rings is 1. The van der Waals surface area contributed by atoms with Crippen LogP contribution in [0.1, 0.15) is 31.5 Å². The van der Waals surface area contributed by atoms with E-state index in [2.05, 4.69) is 15.4 Å². The highest BCUT2D eigenvalue weighted by atomic mass is 16.5. The number of hydrogen-bond donors (Lipinski definition) is 1. The second-order valence-electron chi connectivity index (χ2n) is 5.74. The lowest BCUT2D eigenvalue weighted by atomic mass is 10.2. The van der Waals surface area contributed by atoms with Crippen LogP contribution in [0.2, 0.25) is 0 Å². The normalized spacial score (nSPS) is 17.7. The molecule has 1 amide bonds. The minimum atomic E-state index is -0.236. The average Bonchev–Trinajstić information content (AvgIpc) is 3.21. The zero-order valence-corrected chi connectivity index (χ0v) is 13.2. The number of aryl methyl sites for hydroxylation is 2. The van der Waals surface area contributed by atoms with Crippen LogP contribution in [0.4, 0.5) is 0 Å². The number of nitrogens with one attached hydrogen (secondary N) is 1. The summed E-state index contributed by atoms with van der Waals surface area (Å²) in [6.07, 6.45) is 6.42. The topological polar surface area (TPSA) is 90.5 Å². The maximum atomic E-state index is 12.2. The van der Waals surface area contributed by atoms with Gasteiger partial charge in [0.25, 0.3) is 0 Å². The second kappa shape index (κ2) is 6.91. The number of aromatic nitrogens is 4. The van der Waals surface area contributed by atoms with Crippen molar-refractivity contribution >= 4 is 11.6 Å². The van der Waals surface area contributed by atoms with E-state index in [0.717, 1.165) is 19.4 Å². The number of carbonyl (C=O) groups is 1. The molecule has 0 saturated carbocycles. The molecule has 0 spiro atoms. The Morgan fingerprint density at radius 1 is 1.52 bits per heavy atom. The molecule has 1 saturated heterocycles. The third-order valence-electron chi connectivity index (χ3n) is 4.01. The zero-order valence-electron chi connectivity index (χ0n) is 13.2. The molecule has 3 rings (SSSR count). The van der Waals surface area contributed by atoms with Crippen LogP contribution in [0.5, 0.6) is 0 Å². The van der Waals surface area contributed by atoms with E-state index in [1.165, 1.54) is 4.68 Å². The molecule has 8 heteroatoms. The molecule has 1 unspecified atom stereocenters. The Bertz CT molecular complexity index is 745. The van der Waals surface area contributed by atoms with Crippen LogP contribution in [0.25, 0.3) is 5.65 Å². The van der Waals surface area contributed by atoms with Crippen molar-refractivity contribution in [3.05, 3.63) is 28.6 Å². The molecule has 1 atom stereocenters. The van der Waals surface area contributed by atoms with Crippen molar-refractivity contribution in [1.29, 1.82) is 0 Å². The largest absolute Gasteiger partial charge is 0.376 e. The number of ether oxygens (including phenoxy) is 1. The number of amides is 1. The first-order chi connectivity index (χ1) is 11.1. The van der Waals surface area contributed by atoms with Crippen molar-refractivity contribution in [2.45, 2.75) is 45.3 Å². The first kappa shape index (κ1) is 15.7. The summed E-state index contributed by atoms with van der Waals surface area (Å²) in [4.78, 5) is 28.1. The van der Waals surface area contributed by atoms with E-state index in [-0.39, 0.29) is 17.6 Å². The summed E-state index contributed by atoms with van der Waals surface area (Å²) in [5.74, 6) is 0.673. The Labute approximate surface area is 133 Å². The molecule has 1 N–H and O–H groups in total. The van der Waals surface area contributed by atoms with Gasteiger partial charge < -0.3 is 10.1 Å². The second-order valence-corrected chi connectivity index (χ2v) is 5.74. The molecule has 1 fully saturated rings. The van der Waals surface area contributed by atoms with Crippen molar-refractivity contribution in [3.8, 4) is 0 Å². The maximum Gasteiger partial charge on any atom is 0.310 e. The lowest BCUT2D eigenvalue weighted by Crippen LogP contribution is -2.32. The number of hydrogen-bond acceptors (Lipinski definition) is 5. The Balaban J connectivity index is 1.51. The lowest BCUT2D eigenvalue weighted by Gasteiger charge is -2.11. The molecule has 3 heterocycles. The van der Waals surface area contributed by atoms with Crippen molar-refractivity contribution in [3.63, 3.8) is 0 Å². The molecule has 8 nitrogen and oxygen atoms in total. The van der Waals surface area contributed by atoms with Gasteiger partial charge in [-0.1, -0.05) is 0 Å². The van der Waals surface area contributed by atoms with Crippen molar-refractivity contribution in [2.24, 2.45) is 0 Å². The number of fused-ring (bicyclic) bond motifs is 1. The molecular weight excluding hydrogens is 298 g/mol. The summed E-state index contributed by atoms with van der Waals surface area (Å²) in [6, 6.07) is 0. The predicted octanol–water partition coefficient (Wildman–Crippen LogP) is 0.275. The summed E-state index contributed by atoms with van der Waals surface area (Å²) >= 11 is 0. The smallest absolute Gasteiger partial charge is 0.310 e. The van der Waals surface area contributed by atoms with Gasteiger partial charge in [0.2, 0.25) is 11.6 Å². The van der Waals surface area contributed by atoms with Crippen LogP contribution >= 0.6 is 0 Å². The first-order valence-electron chi connectivity index (χ1n) is 7.94. The van der Waals surface area contributed by atoms with Crippen LogP contribution in [0, 0.1) is 6.92 Å². The summed E-state index contributed by atoms with van der Waals surface area (Å²) in [6.45, 7) is 3.57. The van der Waals surface area contributed by atoms with Gasteiger partial charge in [0.05, 0.1) is 6.10 Å². The summed E-state index contributed by atoms with van der Waals surface area (Å²) in [5.41, 5.74) is 0.126. The monoisotopic (exact) mass is 319 g/mol. The van der Waals surface area contributed by atoms with Crippen LogP contribution < -0.4 is 10.9 Å². The highest BCUT2D eigenvalue weighted by molar-refractivity contribution is 5.75. The standard InChI is InChI=1S/C15H21N5O3/c1-11-18-20(15(22)14-16-6-8-19(11)14)7-2-5-13(21)17-10-12-4-3-9-23-12/h6,8,12H,2-5,7,9-10H2,1H3,(H,17,21). The van der Waals surface area contributed by atoms with Crippen LogP contribution in [0.15, 0.2) is 17.2 Å². The molecule has 0 radical (unpaired) electrons. The SMILES string of the molecule is Cc1nn(CCCC(=O)NCC2CCCO2)c(=O)c2nccn12. The molecule has 23 heavy (non-hydrogen) atoms. The van der Waals surface area contributed by atoms with E-state index in [0.29, 0.717) is 37.4 Å². The van der Waals surface area contributed by atoms with Crippen molar-refractivity contribution in [1.82, 2.24) is 24.5 Å². The molecule has 124 valence electrons. The molecule has 2 aromatic rings. The summed E-state index contributed by atoms with van der Waals surface area (Å²) in [5, 5.41) is 7.13. The molecule has 1 aliphatic rings. The Kier molecular flexibility index (Phi) is 4.71. The molecule has 1 aliphatic heterocycles. The molecule has 2 aromatic heterocycles. The van der Waals surface area contributed by atoms with Gasteiger partial charge in [-0.25, -0.2) is 9.67 Å². The van der Waals surface area contributed by atoms with E-state index in [1.807, 2.05) is 6.92 Å². The van der Waals surface area contributed by atoms with E-state index < -0.39 is 0 Å². The van der Waals surface area contributed by atoms with Crippen molar-refractivity contribution in [2.75, 3.05) is 13.2 Å². The predicted molar refractivity (Wildman–Crippen MR) is 83.2 cm³/mol. The Hall–Kier alpha value is -2.22. The van der Waals surface area contributed by atoms with E-state index in [9.17, 15) is 9.59 Å². The van der Waals surface area contributed by atoms with Crippen LogP contribution in [-0.4, -0.2) is 44.3 Å². The maximum absolute atomic E-state index is 12.2. The van der Waals surface area contributed by atoms with Gasteiger partial charge in [0.15, 0.2) is 0 Å². The quantitative estimate of drug-likeness (QED) is 0.825. The van der Waals surface area contributed by atoms with E-state index in [1.54, 1.807) is 16.8 Å². The zero-order chi connectivity index (χ0) is 16.2. The minimum absolute atomic E-state index is 0.0211. The van der Waals surface area contributed by atoms with Crippen molar-refractivity contribution < 1.29 is 9.53 Å². The Morgan fingerprint density at radius 3 is 3.17 bits per heavy atom.